The number of carbonyl (C=O) groups excluding carboxylic acids is 2. The number of aromatic hydroxyl groups is 1. The first-order valence-electron chi connectivity index (χ1n) is 14.1. The first-order chi connectivity index (χ1) is 20.9. The molecule has 43 heavy (non-hydrogen) atoms. The van der Waals surface area contributed by atoms with Gasteiger partial charge < -0.3 is 15.2 Å². The van der Waals surface area contributed by atoms with Gasteiger partial charge in [0, 0.05) is 17.3 Å². The van der Waals surface area contributed by atoms with Crippen molar-refractivity contribution in [2.45, 2.75) is 45.2 Å². The molecule has 0 spiro atoms. The van der Waals surface area contributed by atoms with Gasteiger partial charge >= 0.3 is 5.97 Å². The smallest absolute Gasteiger partial charge is 0.307 e. The first kappa shape index (κ1) is 29.2. The Hall–Kier alpha value is -5.32. The van der Waals surface area contributed by atoms with E-state index in [1.807, 2.05) is 53.2 Å². The van der Waals surface area contributed by atoms with Crippen molar-refractivity contribution in [3.63, 3.8) is 0 Å². The fourth-order valence-corrected chi connectivity index (χ4v) is 5.00. The Morgan fingerprint density at radius 3 is 2.47 bits per heavy atom. The fourth-order valence-electron chi connectivity index (χ4n) is 5.00. The summed E-state index contributed by atoms with van der Waals surface area (Å²) in [6.45, 7) is 2.56. The molecule has 0 aliphatic heterocycles. The molecule has 2 heterocycles. The number of H-pyrrole nitrogens is 1. The highest BCUT2D eigenvalue weighted by atomic mass is 16.5. The van der Waals surface area contributed by atoms with Crippen LogP contribution in [0, 0.1) is 0 Å². The van der Waals surface area contributed by atoms with Gasteiger partial charge in [-0.2, -0.15) is 5.10 Å². The van der Waals surface area contributed by atoms with Crippen molar-refractivity contribution in [1.82, 2.24) is 35.7 Å². The maximum Gasteiger partial charge on any atom is 0.307 e. The SMILES string of the molecule is CCCc1cc(C(=O)N[C@@H](CC(=O)OC)Cc2ccccc2O)nn1Cc1ccc(-c2ccccc2-c2nnn[nH]2)cc1. The number of nitrogens with zero attached hydrogens (tertiary/aromatic N) is 5. The minimum atomic E-state index is -0.587. The number of phenolic OH excluding ortho intramolecular Hbond substituents is 1. The molecule has 5 rings (SSSR count). The van der Waals surface area contributed by atoms with E-state index in [1.165, 1.54) is 7.11 Å². The monoisotopic (exact) mass is 579 g/mol. The number of methoxy groups -OCH3 is 1. The van der Waals surface area contributed by atoms with Crippen LogP contribution >= 0.6 is 0 Å². The number of rotatable bonds is 12. The molecule has 0 aliphatic carbocycles. The van der Waals surface area contributed by atoms with Crippen molar-refractivity contribution in [3.8, 4) is 28.3 Å². The van der Waals surface area contributed by atoms with Crippen molar-refractivity contribution in [2.75, 3.05) is 7.11 Å². The van der Waals surface area contributed by atoms with Crippen LogP contribution in [0.4, 0.5) is 0 Å². The first-order valence-corrected chi connectivity index (χ1v) is 14.1. The van der Waals surface area contributed by atoms with Crippen molar-refractivity contribution < 1.29 is 19.4 Å². The summed E-state index contributed by atoms with van der Waals surface area (Å²) in [5.74, 6) is -0.151. The Bertz CT molecular complexity index is 1680. The van der Waals surface area contributed by atoms with Crippen LogP contribution in [-0.2, 0) is 28.9 Å². The fraction of sp³-hybridized carbons (Fsp3) is 0.250. The van der Waals surface area contributed by atoms with Crippen molar-refractivity contribution in [1.29, 1.82) is 0 Å². The molecule has 0 saturated carbocycles. The zero-order chi connectivity index (χ0) is 30.2. The number of benzene rings is 3. The second-order valence-corrected chi connectivity index (χ2v) is 10.2. The predicted octanol–water partition coefficient (Wildman–Crippen LogP) is 4.34. The second kappa shape index (κ2) is 13.6. The predicted molar refractivity (Wildman–Crippen MR) is 160 cm³/mol. The Balaban J connectivity index is 1.33. The van der Waals surface area contributed by atoms with Crippen LogP contribution in [0.2, 0.25) is 0 Å². The zero-order valence-electron chi connectivity index (χ0n) is 24.0. The van der Waals surface area contributed by atoms with Crippen LogP contribution in [-0.4, -0.2) is 60.5 Å². The molecule has 220 valence electrons. The number of esters is 1. The molecule has 0 unspecified atom stereocenters. The van der Waals surface area contributed by atoms with E-state index in [2.05, 4.69) is 38.0 Å². The molecule has 2 aromatic heterocycles. The maximum atomic E-state index is 13.3. The number of ether oxygens (including phenoxy) is 1. The average Bonchev–Trinajstić information content (AvgIpc) is 3.70. The maximum absolute atomic E-state index is 13.3. The lowest BCUT2D eigenvalue weighted by atomic mass is 9.98. The lowest BCUT2D eigenvalue weighted by Crippen LogP contribution is -2.38. The van der Waals surface area contributed by atoms with E-state index in [4.69, 9.17) is 4.74 Å². The van der Waals surface area contributed by atoms with Gasteiger partial charge in [-0.25, -0.2) is 5.10 Å². The van der Waals surface area contributed by atoms with E-state index in [0.29, 0.717) is 17.9 Å². The van der Waals surface area contributed by atoms with E-state index in [1.54, 1.807) is 30.3 Å². The van der Waals surface area contributed by atoms with E-state index in [9.17, 15) is 14.7 Å². The second-order valence-electron chi connectivity index (χ2n) is 10.2. The van der Waals surface area contributed by atoms with E-state index >= 15 is 0 Å². The van der Waals surface area contributed by atoms with E-state index in [0.717, 1.165) is 40.8 Å². The number of carbonyl (C=O) groups is 2. The molecule has 0 radical (unpaired) electrons. The Morgan fingerprint density at radius 2 is 1.77 bits per heavy atom. The highest BCUT2D eigenvalue weighted by molar-refractivity contribution is 5.93. The standard InChI is InChI=1S/C32H33N7O4/c1-3-8-25-19-28(32(42)33-24(18-30(41)43-2)17-23-9-4-7-12-29(23)40)36-39(25)20-21-13-15-22(16-14-21)26-10-5-6-11-27(26)31-34-37-38-35-31/h4-7,9-16,19,24,40H,3,8,17-18,20H2,1-2H3,(H,33,42)(H,34,35,37,38)/t24-/m1/s1. The molecule has 11 nitrogen and oxygen atoms in total. The summed E-state index contributed by atoms with van der Waals surface area (Å²) < 4.78 is 6.68. The summed E-state index contributed by atoms with van der Waals surface area (Å²) >= 11 is 0. The highest BCUT2D eigenvalue weighted by Gasteiger charge is 2.22. The van der Waals surface area contributed by atoms with Gasteiger partial charge in [0.1, 0.15) is 11.4 Å². The van der Waals surface area contributed by atoms with Gasteiger partial charge in [0.25, 0.3) is 5.91 Å². The van der Waals surface area contributed by atoms with Crippen LogP contribution in [0.15, 0.2) is 78.9 Å². The summed E-state index contributed by atoms with van der Waals surface area (Å²) in [6, 6.07) is 24.1. The summed E-state index contributed by atoms with van der Waals surface area (Å²) in [5.41, 5.74) is 5.78. The van der Waals surface area contributed by atoms with Crippen molar-refractivity contribution in [3.05, 3.63) is 101 Å². The molecule has 1 amide bonds. The molecule has 5 aromatic rings. The largest absolute Gasteiger partial charge is 0.508 e. The Kier molecular flexibility index (Phi) is 9.20. The summed E-state index contributed by atoms with van der Waals surface area (Å²) in [5, 5.41) is 32.1. The molecule has 3 aromatic carbocycles. The van der Waals surface area contributed by atoms with Gasteiger partial charge in [-0.3, -0.25) is 14.3 Å². The number of para-hydroxylation sites is 1. The normalized spacial score (nSPS) is 11.7. The summed E-state index contributed by atoms with van der Waals surface area (Å²) in [6.07, 6.45) is 1.86. The van der Waals surface area contributed by atoms with Gasteiger partial charge in [-0.1, -0.05) is 80.1 Å². The lowest BCUT2D eigenvalue weighted by Gasteiger charge is -2.18. The van der Waals surface area contributed by atoms with Crippen LogP contribution in [0.1, 0.15) is 47.1 Å². The number of tetrazole rings is 1. The summed E-state index contributed by atoms with van der Waals surface area (Å²) in [7, 11) is 1.30. The number of aromatic amines is 1. The van der Waals surface area contributed by atoms with Gasteiger partial charge in [0.05, 0.1) is 20.1 Å². The Labute approximate surface area is 248 Å². The lowest BCUT2D eigenvalue weighted by molar-refractivity contribution is -0.141. The highest BCUT2D eigenvalue weighted by Crippen LogP contribution is 2.30. The van der Waals surface area contributed by atoms with Crippen LogP contribution in [0.5, 0.6) is 5.75 Å². The molecule has 1 atom stereocenters. The summed E-state index contributed by atoms with van der Waals surface area (Å²) in [4.78, 5) is 25.4. The molecule has 0 saturated heterocycles. The molecule has 11 heteroatoms. The molecule has 0 fully saturated rings. The van der Waals surface area contributed by atoms with Gasteiger partial charge in [0.15, 0.2) is 5.82 Å². The quantitative estimate of drug-likeness (QED) is 0.185. The topological polar surface area (TPSA) is 148 Å². The number of aromatic nitrogens is 6. The van der Waals surface area contributed by atoms with Gasteiger partial charge in [0.2, 0.25) is 0 Å². The van der Waals surface area contributed by atoms with Gasteiger partial charge in [-0.05, 0) is 57.7 Å². The van der Waals surface area contributed by atoms with Crippen molar-refractivity contribution in [2.24, 2.45) is 0 Å². The molecule has 0 bridgehead atoms. The van der Waals surface area contributed by atoms with Crippen LogP contribution in [0.3, 0.4) is 0 Å². The zero-order valence-corrected chi connectivity index (χ0v) is 24.0. The minimum Gasteiger partial charge on any atom is -0.508 e. The third kappa shape index (κ3) is 7.13. The number of hydrogen-bond acceptors (Lipinski definition) is 8. The van der Waals surface area contributed by atoms with E-state index < -0.39 is 17.9 Å². The Morgan fingerprint density at radius 1 is 1.02 bits per heavy atom. The molecule has 0 aliphatic rings. The molecule has 3 N–H and O–H groups in total. The van der Waals surface area contributed by atoms with Crippen molar-refractivity contribution >= 4 is 11.9 Å². The number of amides is 1. The number of aryl methyl sites for hydroxylation is 1. The number of phenols is 1. The average molecular weight is 580 g/mol. The van der Waals surface area contributed by atoms with Crippen LogP contribution < -0.4 is 5.32 Å². The van der Waals surface area contributed by atoms with Gasteiger partial charge in [-0.15, -0.1) is 5.10 Å². The third-order valence-electron chi connectivity index (χ3n) is 7.16. The van der Waals surface area contributed by atoms with Crippen LogP contribution in [0.25, 0.3) is 22.5 Å². The molecular weight excluding hydrogens is 546 g/mol. The number of hydrogen-bond donors (Lipinski definition) is 3. The minimum absolute atomic E-state index is 0.0402. The molecular formula is C32H33N7O4. The number of nitrogens with one attached hydrogen (secondary N) is 2. The third-order valence-corrected chi connectivity index (χ3v) is 7.16. The van der Waals surface area contributed by atoms with E-state index in [-0.39, 0.29) is 24.3 Å².